The van der Waals surface area contributed by atoms with Crippen molar-refractivity contribution in [2.75, 3.05) is 26.9 Å². The normalized spacial score (nSPS) is 10.8. The second-order valence-electron chi connectivity index (χ2n) is 4.63. The van der Waals surface area contributed by atoms with Crippen molar-refractivity contribution < 1.29 is 18.7 Å². The lowest BCUT2D eigenvalue weighted by atomic mass is 10.2. The molecule has 2 heterocycles. The molecule has 0 atom stereocenters. The maximum absolute atomic E-state index is 11.7. The number of hydrogen-bond donors (Lipinski definition) is 1. The Labute approximate surface area is 122 Å². The molecule has 0 fully saturated rings. The van der Waals surface area contributed by atoms with E-state index in [0.29, 0.717) is 30.1 Å². The fourth-order valence-electron chi connectivity index (χ4n) is 1.89. The van der Waals surface area contributed by atoms with Crippen LogP contribution in [0.5, 0.6) is 5.88 Å². The standard InChI is InChI=1S/C14H19N3O4/c1-9-10(2)21-14-12(9)13(16-8-17-14)20-7-11(18)15-5-4-6-19-3/h8H,4-7H2,1-3H3,(H,15,18). The molecule has 0 spiro atoms. The van der Waals surface area contributed by atoms with Crippen LogP contribution in [0.4, 0.5) is 0 Å². The minimum absolute atomic E-state index is 0.0945. The fraction of sp³-hybridized carbons (Fsp3) is 0.500. The van der Waals surface area contributed by atoms with E-state index < -0.39 is 0 Å². The molecule has 0 saturated carbocycles. The smallest absolute Gasteiger partial charge is 0.258 e. The number of aryl methyl sites for hydroxylation is 2. The molecule has 7 nitrogen and oxygen atoms in total. The zero-order valence-corrected chi connectivity index (χ0v) is 12.4. The molecule has 7 heteroatoms. The molecule has 0 aliphatic carbocycles. The quantitative estimate of drug-likeness (QED) is 0.776. The van der Waals surface area contributed by atoms with Gasteiger partial charge >= 0.3 is 0 Å². The first-order valence-corrected chi connectivity index (χ1v) is 6.72. The average molecular weight is 293 g/mol. The number of hydrogen-bond acceptors (Lipinski definition) is 6. The van der Waals surface area contributed by atoms with Gasteiger partial charge in [0.25, 0.3) is 5.91 Å². The minimum Gasteiger partial charge on any atom is -0.467 e. The summed E-state index contributed by atoms with van der Waals surface area (Å²) in [4.78, 5) is 19.8. The van der Waals surface area contributed by atoms with Crippen molar-refractivity contribution in [1.29, 1.82) is 0 Å². The second-order valence-corrected chi connectivity index (χ2v) is 4.63. The number of carbonyl (C=O) groups is 1. The van der Waals surface area contributed by atoms with Gasteiger partial charge < -0.3 is 19.2 Å². The van der Waals surface area contributed by atoms with E-state index in [1.54, 1.807) is 7.11 Å². The highest BCUT2D eigenvalue weighted by Crippen LogP contribution is 2.29. The number of rotatable bonds is 7. The highest BCUT2D eigenvalue weighted by atomic mass is 16.5. The van der Waals surface area contributed by atoms with E-state index in [4.69, 9.17) is 13.9 Å². The van der Waals surface area contributed by atoms with Gasteiger partial charge in [-0.05, 0) is 20.3 Å². The van der Waals surface area contributed by atoms with Gasteiger partial charge in [0, 0.05) is 25.8 Å². The number of fused-ring (bicyclic) bond motifs is 1. The zero-order valence-electron chi connectivity index (χ0n) is 12.4. The van der Waals surface area contributed by atoms with Crippen LogP contribution in [-0.4, -0.2) is 42.7 Å². The Morgan fingerprint density at radius 3 is 2.95 bits per heavy atom. The predicted molar refractivity (Wildman–Crippen MR) is 76.3 cm³/mol. The lowest BCUT2D eigenvalue weighted by molar-refractivity contribution is -0.123. The summed E-state index contributed by atoms with van der Waals surface area (Å²) in [6.45, 7) is 4.83. The SMILES string of the molecule is COCCCNC(=O)COc1ncnc2oc(C)c(C)c12. The molecule has 0 bridgehead atoms. The molecule has 1 amide bonds. The van der Waals surface area contributed by atoms with Gasteiger partial charge in [-0.2, -0.15) is 0 Å². The van der Waals surface area contributed by atoms with Crippen LogP contribution in [0.25, 0.3) is 11.1 Å². The number of methoxy groups -OCH3 is 1. The molecule has 114 valence electrons. The first-order chi connectivity index (χ1) is 10.1. The maximum Gasteiger partial charge on any atom is 0.258 e. The summed E-state index contributed by atoms with van der Waals surface area (Å²) in [5, 5.41) is 3.46. The molecule has 0 aliphatic rings. The molecule has 0 aliphatic heterocycles. The van der Waals surface area contributed by atoms with E-state index in [9.17, 15) is 4.79 Å². The second kappa shape index (κ2) is 7.03. The van der Waals surface area contributed by atoms with Gasteiger partial charge in [-0.3, -0.25) is 4.79 Å². The number of carbonyl (C=O) groups excluding carboxylic acids is 1. The van der Waals surface area contributed by atoms with Gasteiger partial charge in [0.15, 0.2) is 6.61 Å². The van der Waals surface area contributed by atoms with E-state index in [1.807, 2.05) is 13.8 Å². The van der Waals surface area contributed by atoms with Crippen molar-refractivity contribution in [3.05, 3.63) is 17.7 Å². The maximum atomic E-state index is 11.7. The van der Waals surface area contributed by atoms with Gasteiger partial charge in [-0.25, -0.2) is 9.97 Å². The van der Waals surface area contributed by atoms with Gasteiger partial charge in [0.05, 0.1) is 0 Å². The summed E-state index contributed by atoms with van der Waals surface area (Å²) in [7, 11) is 1.63. The van der Waals surface area contributed by atoms with Crippen molar-refractivity contribution in [3.8, 4) is 5.88 Å². The molecule has 2 aromatic heterocycles. The van der Waals surface area contributed by atoms with Gasteiger partial charge in [0.1, 0.15) is 17.5 Å². The molecular formula is C14H19N3O4. The summed E-state index contributed by atoms with van der Waals surface area (Å²) in [5.74, 6) is 0.927. The summed E-state index contributed by atoms with van der Waals surface area (Å²) >= 11 is 0. The molecule has 0 aromatic carbocycles. The Kier molecular flexibility index (Phi) is 5.10. The van der Waals surface area contributed by atoms with Crippen LogP contribution < -0.4 is 10.1 Å². The first-order valence-electron chi connectivity index (χ1n) is 6.72. The van der Waals surface area contributed by atoms with Crippen LogP contribution in [0.1, 0.15) is 17.7 Å². The lowest BCUT2D eigenvalue weighted by Gasteiger charge is -2.07. The Bertz CT molecular complexity index is 624. The summed E-state index contributed by atoms with van der Waals surface area (Å²) < 4.78 is 15.9. The number of nitrogens with zero attached hydrogens (tertiary/aromatic N) is 2. The fourth-order valence-corrected chi connectivity index (χ4v) is 1.89. The van der Waals surface area contributed by atoms with Gasteiger partial charge in [-0.1, -0.05) is 0 Å². The zero-order chi connectivity index (χ0) is 15.2. The summed E-state index contributed by atoms with van der Waals surface area (Å²) in [6, 6.07) is 0. The van der Waals surface area contributed by atoms with E-state index in [-0.39, 0.29) is 12.5 Å². The highest BCUT2D eigenvalue weighted by Gasteiger charge is 2.15. The Hall–Kier alpha value is -2.15. The summed E-state index contributed by atoms with van der Waals surface area (Å²) in [5.41, 5.74) is 1.39. The molecule has 1 N–H and O–H groups in total. The van der Waals surface area contributed by atoms with E-state index in [1.165, 1.54) is 6.33 Å². The number of aromatic nitrogens is 2. The van der Waals surface area contributed by atoms with Crippen molar-refractivity contribution >= 4 is 17.0 Å². The predicted octanol–water partition coefficient (Wildman–Crippen LogP) is 1.37. The lowest BCUT2D eigenvalue weighted by Crippen LogP contribution is -2.30. The van der Waals surface area contributed by atoms with Crippen LogP contribution in [0, 0.1) is 13.8 Å². The molecule has 21 heavy (non-hydrogen) atoms. The molecule has 2 aromatic rings. The number of ether oxygens (including phenoxy) is 2. The molecule has 0 radical (unpaired) electrons. The highest BCUT2D eigenvalue weighted by molar-refractivity contribution is 5.84. The Morgan fingerprint density at radius 1 is 1.38 bits per heavy atom. The molecule has 0 saturated heterocycles. The van der Waals surface area contributed by atoms with Crippen molar-refractivity contribution in [3.63, 3.8) is 0 Å². The molecule has 2 rings (SSSR count). The van der Waals surface area contributed by atoms with Gasteiger partial charge in [-0.15, -0.1) is 0 Å². The summed E-state index contributed by atoms with van der Waals surface area (Å²) in [6.07, 6.45) is 2.12. The number of amides is 1. The van der Waals surface area contributed by atoms with Crippen LogP contribution in [-0.2, 0) is 9.53 Å². The third-order valence-electron chi connectivity index (χ3n) is 3.12. The van der Waals surface area contributed by atoms with Crippen molar-refractivity contribution in [1.82, 2.24) is 15.3 Å². The third kappa shape index (κ3) is 3.69. The van der Waals surface area contributed by atoms with Crippen LogP contribution >= 0.6 is 0 Å². The van der Waals surface area contributed by atoms with Crippen molar-refractivity contribution in [2.24, 2.45) is 0 Å². The minimum atomic E-state index is -0.198. The monoisotopic (exact) mass is 293 g/mol. The Morgan fingerprint density at radius 2 is 2.19 bits per heavy atom. The van der Waals surface area contributed by atoms with Crippen LogP contribution in [0.15, 0.2) is 10.7 Å². The average Bonchev–Trinajstić information content (AvgIpc) is 2.77. The van der Waals surface area contributed by atoms with Gasteiger partial charge in [0.2, 0.25) is 11.6 Å². The number of furan rings is 1. The molecular weight excluding hydrogens is 274 g/mol. The first kappa shape index (κ1) is 15.2. The number of nitrogens with one attached hydrogen (secondary N) is 1. The van der Waals surface area contributed by atoms with Crippen LogP contribution in [0.2, 0.25) is 0 Å². The van der Waals surface area contributed by atoms with E-state index in [0.717, 1.165) is 17.7 Å². The van der Waals surface area contributed by atoms with E-state index >= 15 is 0 Å². The Balaban J connectivity index is 1.96. The van der Waals surface area contributed by atoms with Crippen LogP contribution in [0.3, 0.4) is 0 Å². The topological polar surface area (TPSA) is 86.5 Å². The van der Waals surface area contributed by atoms with E-state index in [2.05, 4.69) is 15.3 Å². The largest absolute Gasteiger partial charge is 0.467 e. The third-order valence-corrected chi connectivity index (χ3v) is 3.12. The van der Waals surface area contributed by atoms with Crippen molar-refractivity contribution in [2.45, 2.75) is 20.3 Å². The molecule has 0 unspecified atom stereocenters.